The minimum Gasteiger partial charge on any atom is -0.494 e. The van der Waals surface area contributed by atoms with Gasteiger partial charge in [0.15, 0.2) is 0 Å². The van der Waals surface area contributed by atoms with Crippen LogP contribution < -0.4 is 4.74 Å². The molecule has 0 aliphatic carbocycles. The predicted molar refractivity (Wildman–Crippen MR) is 157 cm³/mol. The molecule has 5 nitrogen and oxygen atoms in total. The van der Waals surface area contributed by atoms with Crippen molar-refractivity contribution in [2.24, 2.45) is 0 Å². The van der Waals surface area contributed by atoms with E-state index in [9.17, 15) is 14.4 Å². The Morgan fingerprint density at radius 1 is 0.795 bits per heavy atom. The Morgan fingerprint density at radius 2 is 1.33 bits per heavy atom. The summed E-state index contributed by atoms with van der Waals surface area (Å²) in [4.78, 5) is 37.1. The fraction of sp³-hybridized carbons (Fsp3) is 0.156. The molecular formula is C32H28O5S2. The Kier molecular flexibility index (Phi) is 11.7. The van der Waals surface area contributed by atoms with Gasteiger partial charge >= 0.3 is 5.97 Å². The lowest BCUT2D eigenvalue weighted by atomic mass is 10.1. The molecule has 39 heavy (non-hydrogen) atoms. The van der Waals surface area contributed by atoms with Crippen LogP contribution in [0, 0.1) is 11.8 Å². The van der Waals surface area contributed by atoms with Crippen LogP contribution in [0.1, 0.15) is 41.3 Å². The van der Waals surface area contributed by atoms with Gasteiger partial charge in [0.05, 0.1) is 13.2 Å². The smallest absolute Gasteiger partial charge is 0.333 e. The third kappa shape index (κ3) is 10.4. The van der Waals surface area contributed by atoms with Gasteiger partial charge < -0.3 is 9.47 Å². The topological polar surface area (TPSA) is 69.7 Å². The summed E-state index contributed by atoms with van der Waals surface area (Å²) in [5.74, 6) is 6.53. The molecule has 0 saturated carbocycles. The maximum atomic E-state index is 12.7. The van der Waals surface area contributed by atoms with Gasteiger partial charge in [-0.15, -0.1) is 0 Å². The van der Waals surface area contributed by atoms with Crippen molar-refractivity contribution < 1.29 is 23.9 Å². The zero-order valence-electron chi connectivity index (χ0n) is 21.6. The van der Waals surface area contributed by atoms with Crippen molar-refractivity contribution in [1.82, 2.24) is 0 Å². The summed E-state index contributed by atoms with van der Waals surface area (Å²) in [6.45, 7) is 9.48. The quantitative estimate of drug-likeness (QED) is 0.0820. The molecule has 0 aromatic heterocycles. The van der Waals surface area contributed by atoms with Crippen molar-refractivity contribution in [3.63, 3.8) is 0 Å². The van der Waals surface area contributed by atoms with Crippen LogP contribution in [0.3, 0.4) is 0 Å². The second kappa shape index (κ2) is 15.4. The molecule has 3 rings (SSSR count). The highest BCUT2D eigenvalue weighted by atomic mass is 32.2. The molecule has 0 radical (unpaired) electrons. The van der Waals surface area contributed by atoms with E-state index in [4.69, 9.17) is 9.47 Å². The molecule has 0 spiro atoms. The second-order valence-electron chi connectivity index (χ2n) is 8.31. The molecule has 0 fully saturated rings. The summed E-state index contributed by atoms with van der Waals surface area (Å²) in [6.07, 6.45) is 2.75. The monoisotopic (exact) mass is 556 g/mol. The maximum absolute atomic E-state index is 12.7. The predicted octanol–water partition coefficient (Wildman–Crippen LogP) is 7.10. The summed E-state index contributed by atoms with van der Waals surface area (Å²) in [5, 5.41) is -0.161. The Labute approximate surface area is 237 Å². The highest BCUT2D eigenvalue weighted by Crippen LogP contribution is 2.25. The van der Waals surface area contributed by atoms with Crippen LogP contribution in [0.25, 0.3) is 0 Å². The maximum Gasteiger partial charge on any atom is 0.333 e. The lowest BCUT2D eigenvalue weighted by Crippen LogP contribution is -2.07. The lowest BCUT2D eigenvalue weighted by Gasteiger charge is -2.08. The van der Waals surface area contributed by atoms with E-state index in [-0.39, 0.29) is 16.2 Å². The van der Waals surface area contributed by atoms with Gasteiger partial charge in [-0.3, -0.25) is 9.59 Å². The van der Waals surface area contributed by atoms with Gasteiger partial charge in [-0.05, 0) is 122 Å². The largest absolute Gasteiger partial charge is 0.494 e. The SMILES string of the molecule is C=CC(=O)Sc1ccc(C#Cc2ccc(C(=O)Sc3ccc(OCCCCOC(=O)C(=C)C)cc3)cc2)cc1. The van der Waals surface area contributed by atoms with Gasteiger partial charge in [0.1, 0.15) is 5.75 Å². The molecule has 0 atom stereocenters. The van der Waals surface area contributed by atoms with E-state index in [0.29, 0.717) is 36.5 Å². The van der Waals surface area contributed by atoms with Crippen molar-refractivity contribution in [3.05, 3.63) is 114 Å². The number of ether oxygens (including phenoxy) is 2. The molecular weight excluding hydrogens is 528 g/mol. The van der Waals surface area contributed by atoms with Gasteiger partial charge in [0.25, 0.3) is 0 Å². The Morgan fingerprint density at radius 3 is 1.92 bits per heavy atom. The summed E-state index contributed by atoms with van der Waals surface area (Å²) in [7, 11) is 0. The Bertz CT molecular complexity index is 1380. The normalized spacial score (nSPS) is 10.1. The molecule has 7 heteroatoms. The molecule has 0 unspecified atom stereocenters. The third-order valence-corrected chi connectivity index (χ3v) is 6.94. The van der Waals surface area contributed by atoms with Gasteiger partial charge in [0.2, 0.25) is 10.2 Å². The molecule has 3 aromatic carbocycles. The Balaban J connectivity index is 1.44. The van der Waals surface area contributed by atoms with Gasteiger partial charge in [-0.2, -0.15) is 0 Å². The standard InChI is InChI=1S/C32H28O5S2/c1-4-30(33)38-28-17-11-25(12-18-28)8-7-24-9-13-26(14-10-24)32(35)39-29-19-15-27(16-20-29)36-21-5-6-22-37-31(34)23(2)3/h4,9-20H,1-2,5-6,21-22H2,3H3. The zero-order valence-corrected chi connectivity index (χ0v) is 23.2. The number of esters is 1. The number of carbonyl (C=O) groups is 3. The van der Waals surface area contributed by atoms with Crippen LogP contribution in [0.2, 0.25) is 0 Å². The highest BCUT2D eigenvalue weighted by Gasteiger charge is 2.09. The van der Waals surface area contributed by atoms with E-state index in [0.717, 1.165) is 50.9 Å². The molecule has 0 amide bonds. The average molecular weight is 557 g/mol. The van der Waals surface area contributed by atoms with Crippen LogP contribution in [0.4, 0.5) is 0 Å². The number of thioether (sulfide) groups is 2. The first-order chi connectivity index (χ1) is 18.8. The lowest BCUT2D eigenvalue weighted by molar-refractivity contribution is -0.139. The summed E-state index contributed by atoms with van der Waals surface area (Å²) in [6, 6.07) is 22.0. The number of carbonyl (C=O) groups excluding carboxylic acids is 3. The van der Waals surface area contributed by atoms with Gasteiger partial charge in [-0.1, -0.05) is 25.0 Å². The summed E-state index contributed by atoms with van der Waals surface area (Å²) < 4.78 is 10.8. The van der Waals surface area contributed by atoms with Crippen molar-refractivity contribution in [1.29, 1.82) is 0 Å². The Hall–Kier alpha value is -3.99. The first-order valence-corrected chi connectivity index (χ1v) is 13.8. The first kappa shape index (κ1) is 29.6. The number of hydrogen-bond donors (Lipinski definition) is 0. The summed E-state index contributed by atoms with van der Waals surface area (Å²) >= 11 is 2.27. The molecule has 3 aromatic rings. The van der Waals surface area contributed by atoms with E-state index >= 15 is 0 Å². The number of unbranched alkanes of at least 4 members (excludes halogenated alkanes) is 1. The van der Waals surface area contributed by atoms with Crippen molar-refractivity contribution in [3.8, 4) is 17.6 Å². The van der Waals surface area contributed by atoms with E-state index in [2.05, 4.69) is 25.0 Å². The molecule has 0 N–H and O–H groups in total. The minimum atomic E-state index is -0.374. The van der Waals surface area contributed by atoms with E-state index in [1.165, 1.54) is 6.08 Å². The molecule has 0 heterocycles. The van der Waals surface area contributed by atoms with Crippen LogP contribution in [-0.4, -0.2) is 29.4 Å². The minimum absolute atomic E-state index is 0.0605. The number of rotatable bonds is 11. The van der Waals surface area contributed by atoms with E-state index in [1.54, 1.807) is 19.1 Å². The second-order valence-corrected chi connectivity index (χ2v) is 10.4. The highest BCUT2D eigenvalue weighted by molar-refractivity contribution is 8.14. The van der Waals surface area contributed by atoms with Crippen molar-refractivity contribution >= 4 is 39.7 Å². The fourth-order valence-corrected chi connectivity index (χ4v) is 4.38. The van der Waals surface area contributed by atoms with Crippen LogP contribution in [0.15, 0.2) is 107 Å². The average Bonchev–Trinajstić information content (AvgIpc) is 2.95. The zero-order chi connectivity index (χ0) is 28.0. The molecule has 0 saturated heterocycles. The first-order valence-electron chi connectivity index (χ1n) is 12.2. The molecule has 0 aliphatic rings. The third-order valence-electron chi connectivity index (χ3n) is 5.13. The van der Waals surface area contributed by atoms with Crippen LogP contribution in [0.5, 0.6) is 5.75 Å². The van der Waals surface area contributed by atoms with Crippen LogP contribution in [-0.2, 0) is 14.3 Å². The summed E-state index contributed by atoms with van der Waals surface area (Å²) in [5.41, 5.74) is 2.61. The van der Waals surface area contributed by atoms with Gasteiger partial charge in [-0.25, -0.2) is 4.79 Å². The fourth-order valence-electron chi connectivity index (χ4n) is 3.05. The van der Waals surface area contributed by atoms with E-state index < -0.39 is 0 Å². The molecule has 198 valence electrons. The molecule has 0 aliphatic heterocycles. The van der Waals surface area contributed by atoms with Crippen LogP contribution >= 0.6 is 23.5 Å². The van der Waals surface area contributed by atoms with Gasteiger partial charge in [0, 0.05) is 32.1 Å². The van der Waals surface area contributed by atoms with Crippen molar-refractivity contribution in [2.75, 3.05) is 13.2 Å². The van der Waals surface area contributed by atoms with Crippen molar-refractivity contribution in [2.45, 2.75) is 29.6 Å². The molecule has 0 bridgehead atoms. The number of hydrogen-bond acceptors (Lipinski definition) is 7. The number of benzene rings is 3. The van der Waals surface area contributed by atoms with E-state index in [1.807, 2.05) is 60.7 Å².